The van der Waals surface area contributed by atoms with Crippen LogP contribution in [0.1, 0.15) is 17.4 Å². The van der Waals surface area contributed by atoms with E-state index in [1.165, 1.54) is 12.1 Å². The summed E-state index contributed by atoms with van der Waals surface area (Å²) in [6, 6.07) is 13.0. The number of non-ortho nitro benzene ring substituents is 1. The Morgan fingerprint density at radius 3 is 2.79 bits per heavy atom. The number of nitrogens with two attached hydrogens (primary N) is 1. The second kappa shape index (κ2) is 6.47. The topological polar surface area (TPSA) is 120 Å². The molecule has 0 bridgehead atoms. The highest BCUT2D eigenvalue weighted by atomic mass is 16.6. The summed E-state index contributed by atoms with van der Waals surface area (Å²) in [7, 11) is 1.58. The van der Waals surface area contributed by atoms with Gasteiger partial charge >= 0.3 is 0 Å². The summed E-state index contributed by atoms with van der Waals surface area (Å²) in [5, 5.41) is 17.8. The number of hydrogen-bond donors (Lipinski definition) is 2. The fourth-order valence-electron chi connectivity index (χ4n) is 2.29. The average Bonchev–Trinajstić information content (AvgIpc) is 3.11. The number of nitrogens with zero attached hydrogens (tertiary/aromatic N) is 3. The molecule has 24 heavy (non-hydrogen) atoms. The van der Waals surface area contributed by atoms with E-state index >= 15 is 0 Å². The molecule has 1 aromatic heterocycles. The maximum absolute atomic E-state index is 10.9. The summed E-state index contributed by atoms with van der Waals surface area (Å²) >= 11 is 0. The van der Waals surface area contributed by atoms with Crippen LogP contribution in [0.15, 0.2) is 48.5 Å². The van der Waals surface area contributed by atoms with Crippen LogP contribution in [-0.4, -0.2) is 27.2 Å². The number of aromatic amines is 1. The van der Waals surface area contributed by atoms with Crippen molar-refractivity contribution in [1.29, 1.82) is 0 Å². The summed E-state index contributed by atoms with van der Waals surface area (Å²) in [4.78, 5) is 14.8. The minimum absolute atomic E-state index is 0.0176. The van der Waals surface area contributed by atoms with Gasteiger partial charge in [-0.15, -0.1) is 0 Å². The minimum atomic E-state index is -0.514. The maximum Gasteiger partial charge on any atom is 0.270 e. The molecule has 0 radical (unpaired) electrons. The summed E-state index contributed by atoms with van der Waals surface area (Å²) in [6.45, 7) is 0. The zero-order valence-corrected chi connectivity index (χ0v) is 12.8. The van der Waals surface area contributed by atoms with E-state index in [9.17, 15) is 10.1 Å². The van der Waals surface area contributed by atoms with E-state index in [2.05, 4.69) is 15.2 Å². The van der Waals surface area contributed by atoms with Gasteiger partial charge in [-0.05, 0) is 17.7 Å². The van der Waals surface area contributed by atoms with Crippen LogP contribution in [0.25, 0.3) is 11.4 Å². The first-order valence-corrected chi connectivity index (χ1v) is 7.15. The Kier molecular flexibility index (Phi) is 4.21. The first-order chi connectivity index (χ1) is 11.6. The summed E-state index contributed by atoms with van der Waals surface area (Å²) in [5.74, 6) is 1.51. The van der Waals surface area contributed by atoms with Gasteiger partial charge in [-0.2, -0.15) is 5.10 Å². The predicted octanol–water partition coefficient (Wildman–Crippen LogP) is 2.44. The summed E-state index contributed by atoms with van der Waals surface area (Å²) in [6.07, 6.45) is 0. The number of aromatic nitrogens is 3. The van der Waals surface area contributed by atoms with E-state index in [0.717, 1.165) is 5.56 Å². The van der Waals surface area contributed by atoms with Crippen LogP contribution in [0, 0.1) is 10.1 Å². The van der Waals surface area contributed by atoms with Crippen LogP contribution < -0.4 is 10.5 Å². The molecule has 0 saturated heterocycles. The Hall–Kier alpha value is -3.26. The Bertz CT molecular complexity index is 877. The lowest BCUT2D eigenvalue weighted by Crippen LogP contribution is -2.13. The van der Waals surface area contributed by atoms with Crippen LogP contribution in [0.3, 0.4) is 0 Å². The molecule has 3 aromatic rings. The molecule has 2 aromatic carbocycles. The normalized spacial score (nSPS) is 11.9. The van der Waals surface area contributed by atoms with Gasteiger partial charge in [0.2, 0.25) is 0 Å². The first kappa shape index (κ1) is 15.6. The van der Waals surface area contributed by atoms with Crippen molar-refractivity contribution in [3.8, 4) is 17.1 Å². The smallest absolute Gasteiger partial charge is 0.270 e. The van der Waals surface area contributed by atoms with E-state index in [4.69, 9.17) is 10.5 Å². The number of nitro benzene ring substituents is 1. The molecular formula is C16H15N5O3. The largest absolute Gasteiger partial charge is 0.497 e. The van der Waals surface area contributed by atoms with E-state index in [1.54, 1.807) is 19.2 Å². The fourth-order valence-corrected chi connectivity index (χ4v) is 2.29. The quantitative estimate of drug-likeness (QED) is 0.549. The zero-order chi connectivity index (χ0) is 17.1. The third-order valence-corrected chi connectivity index (χ3v) is 3.57. The van der Waals surface area contributed by atoms with E-state index in [0.29, 0.717) is 23.0 Å². The van der Waals surface area contributed by atoms with Crippen molar-refractivity contribution in [3.05, 3.63) is 70.0 Å². The number of hydrogen-bond acceptors (Lipinski definition) is 6. The Balaban J connectivity index is 1.90. The number of nitro groups is 1. The molecule has 1 atom stereocenters. The maximum atomic E-state index is 10.9. The van der Waals surface area contributed by atoms with E-state index < -0.39 is 11.0 Å². The highest BCUT2D eigenvalue weighted by Gasteiger charge is 2.16. The van der Waals surface area contributed by atoms with Crippen molar-refractivity contribution in [3.63, 3.8) is 0 Å². The lowest BCUT2D eigenvalue weighted by atomic mass is 10.1. The molecule has 1 unspecified atom stereocenters. The number of benzene rings is 2. The molecule has 0 saturated carbocycles. The van der Waals surface area contributed by atoms with Gasteiger partial charge in [0.05, 0.1) is 18.1 Å². The molecule has 0 aliphatic heterocycles. The van der Waals surface area contributed by atoms with Crippen molar-refractivity contribution in [2.24, 2.45) is 5.73 Å². The third kappa shape index (κ3) is 3.08. The van der Waals surface area contributed by atoms with Crippen molar-refractivity contribution in [1.82, 2.24) is 15.2 Å². The van der Waals surface area contributed by atoms with Crippen molar-refractivity contribution in [2.45, 2.75) is 6.04 Å². The highest BCUT2D eigenvalue weighted by molar-refractivity contribution is 5.58. The highest BCUT2D eigenvalue weighted by Crippen LogP contribution is 2.24. The molecule has 0 aliphatic carbocycles. The van der Waals surface area contributed by atoms with Gasteiger partial charge < -0.3 is 10.5 Å². The summed E-state index contributed by atoms with van der Waals surface area (Å²) < 4.78 is 5.19. The molecule has 122 valence electrons. The molecule has 0 amide bonds. The standard InChI is InChI=1S/C16H15N5O3/c1-24-13-7-3-4-10(9-13)14(17)16-18-15(19-20-16)11-5-2-6-12(8-11)21(22)23/h2-9,14H,17H2,1H3,(H,18,19,20). The second-order valence-electron chi connectivity index (χ2n) is 5.11. The zero-order valence-electron chi connectivity index (χ0n) is 12.8. The van der Waals surface area contributed by atoms with Crippen LogP contribution in [-0.2, 0) is 0 Å². The fraction of sp³-hybridized carbons (Fsp3) is 0.125. The van der Waals surface area contributed by atoms with E-state index in [-0.39, 0.29) is 5.69 Å². The monoisotopic (exact) mass is 325 g/mol. The van der Waals surface area contributed by atoms with E-state index in [1.807, 2.05) is 24.3 Å². The van der Waals surface area contributed by atoms with Crippen LogP contribution in [0.2, 0.25) is 0 Å². The molecule has 1 heterocycles. The van der Waals surface area contributed by atoms with Gasteiger partial charge in [0.15, 0.2) is 5.82 Å². The Labute approximate surface area is 137 Å². The third-order valence-electron chi connectivity index (χ3n) is 3.57. The molecular weight excluding hydrogens is 310 g/mol. The second-order valence-corrected chi connectivity index (χ2v) is 5.11. The number of H-pyrrole nitrogens is 1. The molecule has 8 nitrogen and oxygen atoms in total. The molecule has 0 spiro atoms. The number of nitrogens with one attached hydrogen (secondary N) is 1. The van der Waals surface area contributed by atoms with Gasteiger partial charge in [-0.3, -0.25) is 15.2 Å². The predicted molar refractivity (Wildman–Crippen MR) is 87.5 cm³/mol. The first-order valence-electron chi connectivity index (χ1n) is 7.15. The van der Waals surface area contributed by atoms with Gasteiger partial charge in [-0.1, -0.05) is 24.3 Å². The average molecular weight is 325 g/mol. The number of rotatable bonds is 5. The molecule has 3 rings (SSSR count). The van der Waals surface area contributed by atoms with Crippen molar-refractivity contribution < 1.29 is 9.66 Å². The van der Waals surface area contributed by atoms with Gasteiger partial charge in [-0.25, -0.2) is 4.98 Å². The Morgan fingerprint density at radius 2 is 2.04 bits per heavy atom. The van der Waals surface area contributed by atoms with Gasteiger partial charge in [0.1, 0.15) is 11.6 Å². The van der Waals surface area contributed by atoms with Gasteiger partial charge in [0, 0.05) is 17.7 Å². The van der Waals surface area contributed by atoms with Gasteiger partial charge in [0.25, 0.3) is 5.69 Å². The van der Waals surface area contributed by atoms with Crippen molar-refractivity contribution >= 4 is 5.69 Å². The van der Waals surface area contributed by atoms with Crippen molar-refractivity contribution in [2.75, 3.05) is 7.11 Å². The molecule has 3 N–H and O–H groups in total. The van der Waals surface area contributed by atoms with Crippen LogP contribution in [0.4, 0.5) is 5.69 Å². The number of methoxy groups -OCH3 is 1. The SMILES string of the molecule is COc1cccc(C(N)c2nc(-c3cccc([N+](=O)[O-])c3)n[nH]2)c1. The summed E-state index contributed by atoms with van der Waals surface area (Å²) in [5.41, 5.74) is 7.56. The number of ether oxygens (including phenoxy) is 1. The molecule has 0 fully saturated rings. The Morgan fingerprint density at radius 1 is 1.25 bits per heavy atom. The molecule has 8 heteroatoms. The minimum Gasteiger partial charge on any atom is -0.497 e. The lowest BCUT2D eigenvalue weighted by molar-refractivity contribution is -0.384. The molecule has 0 aliphatic rings. The van der Waals surface area contributed by atoms with Crippen LogP contribution >= 0.6 is 0 Å². The van der Waals surface area contributed by atoms with Crippen LogP contribution in [0.5, 0.6) is 5.75 Å². The lowest BCUT2D eigenvalue weighted by Gasteiger charge is -2.09.